The van der Waals surface area contributed by atoms with Gasteiger partial charge in [-0.15, -0.1) is 0 Å². The van der Waals surface area contributed by atoms with Crippen LogP contribution in [0.3, 0.4) is 0 Å². The van der Waals surface area contributed by atoms with Gasteiger partial charge in [0.1, 0.15) is 0 Å². The van der Waals surface area contributed by atoms with Gasteiger partial charge in [0, 0.05) is 5.02 Å². The highest BCUT2D eigenvalue weighted by Crippen LogP contribution is 2.23. The molecule has 8 heteroatoms. The Labute approximate surface area is 152 Å². The molecule has 0 aliphatic rings. The van der Waals surface area contributed by atoms with Gasteiger partial charge >= 0.3 is 5.97 Å². The van der Waals surface area contributed by atoms with E-state index in [0.717, 1.165) is 5.56 Å². The molecule has 25 heavy (non-hydrogen) atoms. The predicted octanol–water partition coefficient (Wildman–Crippen LogP) is 2.82. The number of ether oxygens (including phenoxy) is 1. The lowest BCUT2D eigenvalue weighted by Crippen LogP contribution is -2.13. The van der Waals surface area contributed by atoms with Crippen LogP contribution < -0.4 is 10.5 Å². The number of halogens is 1. The van der Waals surface area contributed by atoms with Crippen molar-refractivity contribution in [1.82, 2.24) is 0 Å². The Hall–Kier alpha value is -2.09. The van der Waals surface area contributed by atoms with Gasteiger partial charge < -0.3 is 10.5 Å². The number of nitrogens with two attached hydrogens (primary N) is 1. The van der Waals surface area contributed by atoms with E-state index in [9.17, 15) is 13.2 Å². The third kappa shape index (κ3) is 4.94. The first-order chi connectivity index (χ1) is 11.9. The minimum absolute atomic E-state index is 0.0303. The molecule has 0 amide bonds. The van der Waals surface area contributed by atoms with Gasteiger partial charge in [-0.05, 0) is 61.9 Å². The maximum absolute atomic E-state index is 12.4. The highest BCUT2D eigenvalue weighted by molar-refractivity contribution is 7.92. The Kier molecular flexibility index (Phi) is 6.41. The van der Waals surface area contributed by atoms with Crippen molar-refractivity contribution in [1.29, 1.82) is 0 Å². The van der Waals surface area contributed by atoms with Crippen LogP contribution in [0, 0.1) is 0 Å². The number of anilines is 1. The summed E-state index contributed by atoms with van der Waals surface area (Å²) in [5.74, 6) is -0.498. The molecule has 0 radical (unpaired) electrons. The predicted molar refractivity (Wildman–Crippen MR) is 97.4 cm³/mol. The van der Waals surface area contributed by atoms with Gasteiger partial charge in [-0.3, -0.25) is 4.72 Å². The van der Waals surface area contributed by atoms with Gasteiger partial charge in [0.2, 0.25) is 0 Å². The second kappa shape index (κ2) is 8.33. The van der Waals surface area contributed by atoms with Crippen molar-refractivity contribution < 1.29 is 17.9 Å². The number of benzene rings is 2. The summed E-state index contributed by atoms with van der Waals surface area (Å²) in [5, 5.41) is 0.448. The summed E-state index contributed by atoms with van der Waals surface area (Å²) in [4.78, 5) is 11.6. The molecule has 0 bridgehead atoms. The van der Waals surface area contributed by atoms with Crippen LogP contribution in [0.4, 0.5) is 5.69 Å². The molecule has 134 valence electrons. The van der Waals surface area contributed by atoms with Crippen LogP contribution in [0.5, 0.6) is 0 Å². The molecule has 2 aromatic rings. The smallest absolute Gasteiger partial charge is 0.338 e. The molecule has 0 unspecified atom stereocenters. The molecule has 0 saturated heterocycles. The van der Waals surface area contributed by atoms with Crippen molar-refractivity contribution in [2.75, 3.05) is 17.9 Å². The van der Waals surface area contributed by atoms with Crippen molar-refractivity contribution in [3.8, 4) is 0 Å². The normalized spacial score (nSPS) is 11.2. The third-order valence-corrected chi connectivity index (χ3v) is 5.14. The second-order valence-electron chi connectivity index (χ2n) is 5.20. The molecule has 6 nitrogen and oxygen atoms in total. The van der Waals surface area contributed by atoms with E-state index in [2.05, 4.69) is 4.72 Å². The Morgan fingerprint density at radius 3 is 2.44 bits per heavy atom. The van der Waals surface area contributed by atoms with Gasteiger partial charge in [0.05, 0.1) is 22.8 Å². The van der Waals surface area contributed by atoms with Crippen molar-refractivity contribution in [2.24, 2.45) is 5.73 Å². The number of hydrogen-bond acceptors (Lipinski definition) is 5. The molecule has 3 N–H and O–H groups in total. The zero-order valence-corrected chi connectivity index (χ0v) is 15.2. The minimum Gasteiger partial charge on any atom is -0.462 e. The molecule has 0 atom stereocenters. The van der Waals surface area contributed by atoms with Gasteiger partial charge in [0.25, 0.3) is 10.0 Å². The fourth-order valence-corrected chi connectivity index (χ4v) is 3.49. The molecular formula is C17H19ClN2O4S. The quantitative estimate of drug-likeness (QED) is 0.717. The van der Waals surface area contributed by atoms with Crippen LogP contribution in [0.2, 0.25) is 5.02 Å². The van der Waals surface area contributed by atoms with E-state index in [1.807, 2.05) is 0 Å². The van der Waals surface area contributed by atoms with E-state index < -0.39 is 16.0 Å². The fourth-order valence-electron chi connectivity index (χ4n) is 2.17. The number of hydrogen-bond donors (Lipinski definition) is 2. The molecule has 0 heterocycles. The van der Waals surface area contributed by atoms with Crippen LogP contribution in [0.1, 0.15) is 22.8 Å². The molecule has 0 fully saturated rings. The molecule has 0 aliphatic carbocycles. The van der Waals surface area contributed by atoms with E-state index in [4.69, 9.17) is 22.1 Å². The summed E-state index contributed by atoms with van der Waals surface area (Å²) in [6, 6.07) is 10.4. The van der Waals surface area contributed by atoms with Gasteiger partial charge in [-0.2, -0.15) is 0 Å². The van der Waals surface area contributed by atoms with Crippen LogP contribution in [-0.2, 0) is 21.2 Å². The minimum atomic E-state index is -3.80. The number of nitrogens with one attached hydrogen (secondary N) is 1. The molecule has 0 aliphatic heterocycles. The highest BCUT2D eigenvalue weighted by Gasteiger charge is 2.16. The zero-order valence-electron chi connectivity index (χ0n) is 13.7. The second-order valence-corrected chi connectivity index (χ2v) is 7.28. The SMILES string of the molecule is CCOC(=O)c1ccc(S(=O)(=O)Nc2ccc(CCN)c(Cl)c2)cc1. The standard InChI is InChI=1S/C17H19ClN2O4S/c1-2-24-17(21)13-4-7-15(8-5-13)25(22,23)20-14-6-3-12(9-10-19)16(18)11-14/h3-8,11,20H,2,9-10,19H2,1H3. The third-order valence-electron chi connectivity index (χ3n) is 3.39. The molecule has 2 aromatic carbocycles. The first-order valence-corrected chi connectivity index (χ1v) is 9.52. The lowest BCUT2D eigenvalue weighted by atomic mass is 10.1. The number of sulfonamides is 1. The van der Waals surface area contributed by atoms with Crippen LogP contribution in [0.25, 0.3) is 0 Å². The summed E-state index contributed by atoms with van der Waals surface area (Å²) >= 11 is 6.13. The first kappa shape index (κ1) is 19.2. The summed E-state index contributed by atoms with van der Waals surface area (Å²) in [5.41, 5.74) is 6.98. The van der Waals surface area contributed by atoms with Gasteiger partial charge in [0.15, 0.2) is 0 Å². The topological polar surface area (TPSA) is 98.5 Å². The Morgan fingerprint density at radius 2 is 1.88 bits per heavy atom. The molecule has 0 aromatic heterocycles. The summed E-state index contributed by atoms with van der Waals surface area (Å²) in [6.45, 7) is 2.41. The monoisotopic (exact) mass is 382 g/mol. The summed E-state index contributed by atoms with van der Waals surface area (Å²) in [6.07, 6.45) is 0.612. The number of carbonyl (C=O) groups is 1. The maximum atomic E-state index is 12.4. The van der Waals surface area contributed by atoms with E-state index >= 15 is 0 Å². The van der Waals surface area contributed by atoms with Crippen LogP contribution >= 0.6 is 11.6 Å². The highest BCUT2D eigenvalue weighted by atomic mass is 35.5. The van der Waals surface area contributed by atoms with E-state index in [1.165, 1.54) is 30.3 Å². The fraction of sp³-hybridized carbons (Fsp3) is 0.235. The molecule has 2 rings (SSSR count). The van der Waals surface area contributed by atoms with Crippen LogP contribution in [-0.4, -0.2) is 27.5 Å². The van der Waals surface area contributed by atoms with Crippen molar-refractivity contribution in [2.45, 2.75) is 18.2 Å². The van der Waals surface area contributed by atoms with E-state index in [-0.39, 0.29) is 17.1 Å². The number of esters is 1. The molecule has 0 saturated carbocycles. The Balaban J connectivity index is 2.19. The molecular weight excluding hydrogens is 364 g/mol. The lowest BCUT2D eigenvalue weighted by Gasteiger charge is -2.10. The average molecular weight is 383 g/mol. The van der Waals surface area contributed by atoms with Crippen molar-refractivity contribution in [3.05, 3.63) is 58.6 Å². The largest absolute Gasteiger partial charge is 0.462 e. The Morgan fingerprint density at radius 1 is 1.20 bits per heavy atom. The Bertz CT molecular complexity index is 851. The van der Waals surface area contributed by atoms with Gasteiger partial charge in [-0.25, -0.2) is 13.2 Å². The van der Waals surface area contributed by atoms with E-state index in [1.54, 1.807) is 19.1 Å². The number of rotatable bonds is 7. The summed E-state index contributed by atoms with van der Waals surface area (Å²) in [7, 11) is -3.80. The zero-order chi connectivity index (χ0) is 18.4. The maximum Gasteiger partial charge on any atom is 0.338 e. The molecule has 0 spiro atoms. The first-order valence-electron chi connectivity index (χ1n) is 7.66. The van der Waals surface area contributed by atoms with Crippen molar-refractivity contribution in [3.63, 3.8) is 0 Å². The lowest BCUT2D eigenvalue weighted by molar-refractivity contribution is 0.0526. The average Bonchev–Trinajstić information content (AvgIpc) is 2.57. The van der Waals surface area contributed by atoms with Crippen molar-refractivity contribution >= 4 is 33.3 Å². The number of carbonyl (C=O) groups excluding carboxylic acids is 1. The van der Waals surface area contributed by atoms with Crippen LogP contribution in [0.15, 0.2) is 47.4 Å². The summed E-state index contributed by atoms with van der Waals surface area (Å²) < 4.78 is 32.2. The van der Waals surface area contributed by atoms with E-state index in [0.29, 0.717) is 23.7 Å². The van der Waals surface area contributed by atoms with Gasteiger partial charge in [-0.1, -0.05) is 17.7 Å².